The van der Waals surface area contributed by atoms with E-state index < -0.39 is 0 Å². The molecular formula is C13H15N3O2. The van der Waals surface area contributed by atoms with E-state index in [1.54, 1.807) is 30.3 Å². The van der Waals surface area contributed by atoms with Crippen molar-refractivity contribution in [3.8, 4) is 17.5 Å². The van der Waals surface area contributed by atoms with Crippen molar-refractivity contribution in [1.29, 1.82) is 0 Å². The van der Waals surface area contributed by atoms with Gasteiger partial charge >= 0.3 is 0 Å². The molecule has 5 heteroatoms. The van der Waals surface area contributed by atoms with Gasteiger partial charge < -0.3 is 15.2 Å². The molecule has 0 aliphatic rings. The number of nitrogens with zero attached hydrogens (tertiary/aromatic N) is 2. The third-order valence-corrected chi connectivity index (χ3v) is 2.08. The topological polar surface area (TPSA) is 70.3 Å². The third kappa shape index (κ3) is 3.35. The molecule has 2 rings (SSSR count). The molecule has 0 aliphatic carbocycles. The van der Waals surface area contributed by atoms with Gasteiger partial charge in [-0.05, 0) is 38.1 Å². The van der Waals surface area contributed by atoms with E-state index in [-0.39, 0.29) is 6.10 Å². The van der Waals surface area contributed by atoms with Crippen molar-refractivity contribution in [2.24, 2.45) is 0 Å². The molecule has 2 N–H and O–H groups in total. The smallest absolute Gasteiger partial charge is 0.226 e. The second-order valence-electron chi connectivity index (χ2n) is 4.03. The zero-order valence-corrected chi connectivity index (χ0v) is 10.3. The zero-order chi connectivity index (χ0) is 13.0. The van der Waals surface area contributed by atoms with Crippen molar-refractivity contribution < 1.29 is 9.47 Å². The van der Waals surface area contributed by atoms with Crippen LogP contribution in [0.5, 0.6) is 17.5 Å². The van der Waals surface area contributed by atoms with Crippen molar-refractivity contribution in [3.05, 3.63) is 36.7 Å². The first kappa shape index (κ1) is 12.2. The first-order valence-corrected chi connectivity index (χ1v) is 5.65. The van der Waals surface area contributed by atoms with Gasteiger partial charge in [-0.2, -0.15) is 0 Å². The van der Waals surface area contributed by atoms with Crippen molar-refractivity contribution in [2.45, 2.75) is 20.0 Å². The molecule has 0 fully saturated rings. The minimum atomic E-state index is 0.0595. The van der Waals surface area contributed by atoms with Crippen LogP contribution in [0.1, 0.15) is 13.8 Å². The average molecular weight is 245 g/mol. The Morgan fingerprint density at radius 2 is 1.72 bits per heavy atom. The molecule has 94 valence electrons. The summed E-state index contributed by atoms with van der Waals surface area (Å²) in [4.78, 5) is 8.02. The summed E-state index contributed by atoms with van der Waals surface area (Å²) < 4.78 is 11.0. The van der Waals surface area contributed by atoms with Crippen molar-refractivity contribution in [2.75, 3.05) is 5.73 Å². The molecule has 0 saturated carbocycles. The first-order valence-electron chi connectivity index (χ1n) is 5.65. The lowest BCUT2D eigenvalue weighted by molar-refractivity contribution is 0.231. The van der Waals surface area contributed by atoms with E-state index >= 15 is 0 Å². The van der Waals surface area contributed by atoms with Crippen LogP contribution in [0.3, 0.4) is 0 Å². The van der Waals surface area contributed by atoms with Crippen LogP contribution >= 0.6 is 0 Å². The molecule has 1 aromatic carbocycles. The summed E-state index contributed by atoms with van der Waals surface area (Å²) in [6, 6.07) is 8.74. The largest absolute Gasteiger partial charge is 0.475 e. The normalized spacial score (nSPS) is 10.4. The molecular weight excluding hydrogens is 230 g/mol. The summed E-state index contributed by atoms with van der Waals surface area (Å²) >= 11 is 0. The van der Waals surface area contributed by atoms with E-state index in [2.05, 4.69) is 9.97 Å². The Labute approximate surface area is 106 Å². The highest BCUT2D eigenvalue weighted by atomic mass is 16.5. The number of ether oxygens (including phenoxy) is 2. The van der Waals surface area contributed by atoms with Gasteiger partial charge in [0.05, 0.1) is 12.2 Å². The Morgan fingerprint density at radius 1 is 1.06 bits per heavy atom. The number of hydrogen-bond acceptors (Lipinski definition) is 5. The quantitative estimate of drug-likeness (QED) is 0.838. The number of rotatable bonds is 4. The standard InChI is InChI=1S/C13H15N3O2/c1-9(2)17-12-7-13(16-8-15-12)18-11-5-3-10(14)4-6-11/h3-9H,14H2,1-2H3. The number of benzene rings is 1. The van der Waals surface area contributed by atoms with Crippen molar-refractivity contribution >= 4 is 5.69 Å². The lowest BCUT2D eigenvalue weighted by atomic mass is 10.3. The van der Waals surface area contributed by atoms with E-state index in [1.807, 2.05) is 13.8 Å². The Morgan fingerprint density at radius 3 is 2.39 bits per heavy atom. The molecule has 0 atom stereocenters. The monoisotopic (exact) mass is 245 g/mol. The van der Waals surface area contributed by atoms with Gasteiger partial charge in [-0.1, -0.05) is 0 Å². The summed E-state index contributed by atoms with van der Waals surface area (Å²) in [7, 11) is 0. The lowest BCUT2D eigenvalue weighted by Gasteiger charge is -2.09. The van der Waals surface area contributed by atoms with Crippen LogP contribution in [-0.4, -0.2) is 16.1 Å². The van der Waals surface area contributed by atoms with Crippen LogP contribution in [-0.2, 0) is 0 Å². The fraction of sp³-hybridized carbons (Fsp3) is 0.231. The Hall–Kier alpha value is -2.30. The predicted octanol–water partition coefficient (Wildman–Crippen LogP) is 2.64. The molecule has 0 spiro atoms. The maximum Gasteiger partial charge on any atom is 0.226 e. The molecule has 0 bridgehead atoms. The second kappa shape index (κ2) is 5.35. The van der Waals surface area contributed by atoms with E-state index in [0.717, 1.165) is 0 Å². The van der Waals surface area contributed by atoms with E-state index in [4.69, 9.17) is 15.2 Å². The SMILES string of the molecule is CC(C)Oc1cc(Oc2ccc(N)cc2)ncn1. The molecule has 0 radical (unpaired) electrons. The Balaban J connectivity index is 2.11. The highest BCUT2D eigenvalue weighted by molar-refractivity contribution is 5.42. The average Bonchev–Trinajstić information content (AvgIpc) is 2.32. The number of anilines is 1. The van der Waals surface area contributed by atoms with Crippen molar-refractivity contribution in [3.63, 3.8) is 0 Å². The van der Waals surface area contributed by atoms with Gasteiger partial charge in [-0.3, -0.25) is 0 Å². The summed E-state index contributed by atoms with van der Waals surface area (Å²) in [6.45, 7) is 3.87. The van der Waals surface area contributed by atoms with Crippen molar-refractivity contribution in [1.82, 2.24) is 9.97 Å². The van der Waals surface area contributed by atoms with Crippen LogP contribution in [0.25, 0.3) is 0 Å². The molecule has 2 aromatic rings. The summed E-state index contributed by atoms with van der Waals surface area (Å²) in [5, 5.41) is 0. The van der Waals surface area contributed by atoms with Gasteiger partial charge in [0.2, 0.25) is 11.8 Å². The molecule has 0 saturated heterocycles. The summed E-state index contributed by atoms with van der Waals surface area (Å²) in [5.74, 6) is 1.59. The van der Waals surface area contributed by atoms with Crippen LogP contribution in [0.15, 0.2) is 36.7 Å². The van der Waals surface area contributed by atoms with Gasteiger partial charge in [-0.25, -0.2) is 9.97 Å². The number of nitrogens with two attached hydrogens (primary N) is 1. The minimum Gasteiger partial charge on any atom is -0.475 e. The van der Waals surface area contributed by atoms with Crippen LogP contribution in [0.4, 0.5) is 5.69 Å². The van der Waals surface area contributed by atoms with Crippen LogP contribution in [0.2, 0.25) is 0 Å². The fourth-order valence-electron chi connectivity index (χ4n) is 1.34. The van der Waals surface area contributed by atoms with Gasteiger partial charge in [0, 0.05) is 5.69 Å². The molecule has 1 aromatic heterocycles. The maximum atomic E-state index is 5.60. The lowest BCUT2D eigenvalue weighted by Crippen LogP contribution is -2.07. The summed E-state index contributed by atoms with van der Waals surface area (Å²) in [5.41, 5.74) is 6.29. The maximum absolute atomic E-state index is 5.60. The predicted molar refractivity (Wildman–Crippen MR) is 68.7 cm³/mol. The van der Waals surface area contributed by atoms with E-state index in [1.165, 1.54) is 6.33 Å². The number of hydrogen-bond donors (Lipinski definition) is 1. The van der Waals surface area contributed by atoms with Crippen LogP contribution in [0, 0.1) is 0 Å². The number of nitrogen functional groups attached to an aromatic ring is 1. The zero-order valence-electron chi connectivity index (χ0n) is 10.3. The Bertz CT molecular complexity index is 512. The highest BCUT2D eigenvalue weighted by Crippen LogP contribution is 2.22. The minimum absolute atomic E-state index is 0.0595. The second-order valence-corrected chi connectivity index (χ2v) is 4.03. The van der Waals surface area contributed by atoms with Gasteiger partial charge in [0.1, 0.15) is 12.1 Å². The molecule has 18 heavy (non-hydrogen) atoms. The van der Waals surface area contributed by atoms with Gasteiger partial charge in [0.15, 0.2) is 0 Å². The Kier molecular flexibility index (Phi) is 3.62. The van der Waals surface area contributed by atoms with Crippen LogP contribution < -0.4 is 15.2 Å². The van der Waals surface area contributed by atoms with Gasteiger partial charge in [-0.15, -0.1) is 0 Å². The fourth-order valence-corrected chi connectivity index (χ4v) is 1.34. The summed E-state index contributed by atoms with van der Waals surface area (Å²) in [6.07, 6.45) is 1.47. The molecule has 1 heterocycles. The molecule has 5 nitrogen and oxygen atoms in total. The molecule has 0 amide bonds. The first-order chi connectivity index (χ1) is 8.63. The third-order valence-electron chi connectivity index (χ3n) is 2.08. The molecule has 0 aliphatic heterocycles. The van der Waals surface area contributed by atoms with Gasteiger partial charge in [0.25, 0.3) is 0 Å². The molecule has 0 unspecified atom stereocenters. The number of aromatic nitrogens is 2. The van der Waals surface area contributed by atoms with E-state index in [0.29, 0.717) is 23.2 Å². The highest BCUT2D eigenvalue weighted by Gasteiger charge is 2.04. The van der Waals surface area contributed by atoms with E-state index in [9.17, 15) is 0 Å².